The average molecular weight is 656 g/mol. The first-order chi connectivity index (χ1) is 14.4. The van der Waals surface area contributed by atoms with E-state index in [-0.39, 0.29) is 7.43 Å². The van der Waals surface area contributed by atoms with Crippen molar-refractivity contribution in [2.75, 3.05) is 0 Å². The van der Waals surface area contributed by atoms with E-state index >= 15 is 0 Å². The molecule has 0 heterocycles. The fraction of sp³-hybridized carbons (Fsp3) is 1.00. The van der Waals surface area contributed by atoms with Crippen LogP contribution >= 0.6 is 0 Å². The summed E-state index contributed by atoms with van der Waals surface area (Å²) in [5.74, 6) is 0. The molecule has 0 nitrogen and oxygen atoms in total. The molecule has 0 aromatic rings. The Morgan fingerprint density at radius 3 is 0.581 bits per heavy atom. The van der Waals surface area contributed by atoms with Gasteiger partial charge in [-0.05, 0) is 0 Å². The van der Waals surface area contributed by atoms with E-state index in [1.165, 1.54) is 77.0 Å². The Kier molecular flexibility index (Phi) is 38.0. The third kappa shape index (κ3) is 27.7. The summed E-state index contributed by atoms with van der Waals surface area (Å²) >= 11 is -3.13. The fourth-order valence-electron chi connectivity index (χ4n) is 4.37. The molecule has 0 rings (SSSR count). The van der Waals surface area contributed by atoms with Gasteiger partial charge in [0.1, 0.15) is 0 Å². The van der Waals surface area contributed by atoms with Gasteiger partial charge in [-0.3, -0.25) is 0 Å². The van der Waals surface area contributed by atoms with Gasteiger partial charge in [-0.1, -0.05) is 21.3 Å². The van der Waals surface area contributed by atoms with E-state index in [0.29, 0.717) is 0 Å². The maximum absolute atomic E-state index is 2.72. The van der Waals surface area contributed by atoms with Crippen molar-refractivity contribution in [3.05, 3.63) is 0 Å². The van der Waals surface area contributed by atoms with Gasteiger partial charge < -0.3 is 0 Å². The first kappa shape index (κ1) is 39.8. The second-order valence-corrected chi connectivity index (χ2v) is 39.5. The SMILES string of the molecule is C.CC.CCC[CH2][Sn]([CH3])([CH2]CCC)[CH2]CCC.CCC[CH2][Sn]([CH3])([CH2]CCC)[CH2]CCC. The fourth-order valence-corrected chi connectivity index (χ4v) is 29.3. The van der Waals surface area contributed by atoms with Crippen LogP contribution < -0.4 is 0 Å². The van der Waals surface area contributed by atoms with Crippen molar-refractivity contribution < 1.29 is 0 Å². The van der Waals surface area contributed by atoms with Gasteiger partial charge in [0.2, 0.25) is 0 Å². The van der Waals surface area contributed by atoms with E-state index in [2.05, 4.69) is 51.4 Å². The quantitative estimate of drug-likeness (QED) is 0.129. The minimum absolute atomic E-state index is 0. The van der Waals surface area contributed by atoms with E-state index in [0.717, 1.165) is 0 Å². The van der Waals surface area contributed by atoms with E-state index in [1.54, 1.807) is 26.6 Å². The Labute approximate surface area is 211 Å². The molecule has 0 fully saturated rings. The Bertz CT molecular complexity index is 228. The molecular formula is C29H70Sn2. The first-order valence-electron chi connectivity index (χ1n) is 14.4. The van der Waals surface area contributed by atoms with Crippen molar-refractivity contribution in [1.29, 1.82) is 0 Å². The van der Waals surface area contributed by atoms with Crippen molar-refractivity contribution in [3.8, 4) is 0 Å². The van der Waals surface area contributed by atoms with Crippen LogP contribution in [0.15, 0.2) is 0 Å². The van der Waals surface area contributed by atoms with Gasteiger partial charge >= 0.3 is 192 Å². The van der Waals surface area contributed by atoms with Crippen LogP contribution in [-0.2, 0) is 0 Å². The van der Waals surface area contributed by atoms with Crippen LogP contribution in [0.1, 0.15) is 140 Å². The minimum atomic E-state index is -1.56. The summed E-state index contributed by atoms with van der Waals surface area (Å²) in [5, 5.41) is 0. The molecule has 0 saturated carbocycles. The Hall–Kier alpha value is 1.60. The molecule has 194 valence electrons. The summed E-state index contributed by atoms with van der Waals surface area (Å²) in [7, 11) is 0. The summed E-state index contributed by atoms with van der Waals surface area (Å²) in [6.07, 6.45) is 17.5. The first-order valence-corrected chi connectivity index (χ1v) is 32.2. The predicted octanol–water partition coefficient (Wildman–Crippen LogP) is 12.6. The molecule has 0 saturated heterocycles. The van der Waals surface area contributed by atoms with Crippen LogP contribution in [0, 0.1) is 0 Å². The van der Waals surface area contributed by atoms with Crippen molar-refractivity contribution >= 4 is 36.8 Å². The average Bonchev–Trinajstić information content (AvgIpc) is 2.78. The summed E-state index contributed by atoms with van der Waals surface area (Å²) in [4.78, 5) is 5.44. The predicted molar refractivity (Wildman–Crippen MR) is 160 cm³/mol. The number of unbranched alkanes of at least 4 members (excludes halogenated alkanes) is 6. The Morgan fingerprint density at radius 2 is 0.484 bits per heavy atom. The van der Waals surface area contributed by atoms with Crippen molar-refractivity contribution in [2.24, 2.45) is 0 Å². The van der Waals surface area contributed by atoms with Gasteiger partial charge in [-0.2, -0.15) is 0 Å². The van der Waals surface area contributed by atoms with Gasteiger partial charge in [0.25, 0.3) is 0 Å². The normalized spacial score (nSPS) is 11.0. The van der Waals surface area contributed by atoms with E-state index in [9.17, 15) is 0 Å². The number of hydrogen-bond acceptors (Lipinski definition) is 0. The molecule has 0 aliphatic heterocycles. The molecule has 0 aromatic heterocycles. The third-order valence-corrected chi connectivity index (χ3v) is 33.5. The van der Waals surface area contributed by atoms with Gasteiger partial charge in [0.05, 0.1) is 0 Å². The maximum atomic E-state index is 2.72. The summed E-state index contributed by atoms with van der Waals surface area (Å²) in [6.45, 7) is 18.0. The number of rotatable bonds is 18. The molecule has 0 unspecified atom stereocenters. The Balaban J connectivity index is -0.000000211. The molecule has 0 atom stereocenters. The van der Waals surface area contributed by atoms with E-state index in [4.69, 9.17) is 0 Å². The molecule has 2 heteroatoms. The van der Waals surface area contributed by atoms with Gasteiger partial charge in [-0.25, -0.2) is 0 Å². The van der Waals surface area contributed by atoms with Crippen molar-refractivity contribution in [3.63, 3.8) is 0 Å². The van der Waals surface area contributed by atoms with Crippen LogP contribution in [0.2, 0.25) is 36.5 Å². The van der Waals surface area contributed by atoms with E-state index < -0.39 is 36.8 Å². The molecule has 0 aromatic carbocycles. The summed E-state index contributed by atoms with van der Waals surface area (Å²) in [5.41, 5.74) is 0. The van der Waals surface area contributed by atoms with Crippen LogP contribution in [0.25, 0.3) is 0 Å². The topological polar surface area (TPSA) is 0 Å². The molecule has 0 spiro atoms. The summed E-state index contributed by atoms with van der Waals surface area (Å²) in [6, 6.07) is 0. The second kappa shape index (κ2) is 29.6. The molecule has 0 aliphatic carbocycles. The Morgan fingerprint density at radius 1 is 0.355 bits per heavy atom. The van der Waals surface area contributed by atoms with Crippen LogP contribution in [0.4, 0.5) is 0 Å². The zero-order valence-corrected chi connectivity index (χ0v) is 29.4. The van der Waals surface area contributed by atoms with E-state index in [1.807, 2.05) is 13.8 Å². The van der Waals surface area contributed by atoms with Crippen LogP contribution in [0.3, 0.4) is 0 Å². The number of hydrogen-bond donors (Lipinski definition) is 0. The van der Waals surface area contributed by atoms with Crippen molar-refractivity contribution in [1.82, 2.24) is 0 Å². The van der Waals surface area contributed by atoms with Gasteiger partial charge in [0, 0.05) is 0 Å². The third-order valence-electron chi connectivity index (χ3n) is 6.80. The van der Waals surface area contributed by atoms with Crippen LogP contribution in [0.5, 0.6) is 0 Å². The standard InChI is InChI=1S/6C4H9.C2H6.CH4.2CH3.2Sn/c6*1-3-4-2;1-2;;;;;/h6*1,3-4H2,2H3;1-2H3;1H4;2*1H3;;. The van der Waals surface area contributed by atoms with Gasteiger partial charge in [0.15, 0.2) is 0 Å². The molecule has 0 bridgehead atoms. The molecule has 31 heavy (non-hydrogen) atoms. The summed E-state index contributed by atoms with van der Waals surface area (Å²) < 4.78 is 9.95. The molecule has 0 radical (unpaired) electrons. The van der Waals surface area contributed by atoms with Crippen LogP contribution in [-0.4, -0.2) is 36.8 Å². The van der Waals surface area contributed by atoms with Crippen molar-refractivity contribution in [2.45, 2.75) is 176 Å². The second-order valence-electron chi connectivity index (χ2n) is 10.2. The zero-order chi connectivity index (χ0) is 23.7. The van der Waals surface area contributed by atoms with Gasteiger partial charge in [-0.15, -0.1) is 0 Å². The molecule has 0 aliphatic rings. The molecule has 0 N–H and O–H groups in total. The zero-order valence-electron chi connectivity index (χ0n) is 23.7. The molecule has 0 amide bonds. The molecular weight excluding hydrogens is 586 g/mol. The monoisotopic (exact) mass is 658 g/mol.